The number of likely N-dealkylation sites (N-methyl/N-ethyl adjacent to an activating group) is 1. The van der Waals surface area contributed by atoms with Gasteiger partial charge >= 0.3 is 6.18 Å². The third kappa shape index (κ3) is 12.5. The first-order valence-corrected chi connectivity index (χ1v) is 18.7. The van der Waals surface area contributed by atoms with Gasteiger partial charge in [-0.2, -0.15) is 13.2 Å². The third-order valence-corrected chi connectivity index (χ3v) is 9.68. The van der Waals surface area contributed by atoms with Crippen molar-refractivity contribution in [1.82, 2.24) is 14.7 Å². The standard InChI is InChI=1S/C44H49F3N4O5/c1-34(52)49-23-25-50(26-24-49)40-20-15-37(16-21-40)32-51(42(53)22-17-35-13-18-39(19-14-35)44(45,46)47)41(31-36-9-5-3-6-10-36)43(54)48(2)27-28-55-29-30-56-33-38-11-7-4-8-12-38/h3-22,41H,23-33H2,1-2H3. The Kier molecular flexibility index (Phi) is 15.2. The van der Waals surface area contributed by atoms with Crippen LogP contribution in [0.25, 0.3) is 6.08 Å². The van der Waals surface area contributed by atoms with Crippen molar-refractivity contribution < 1.29 is 37.0 Å². The van der Waals surface area contributed by atoms with Gasteiger partial charge in [-0.3, -0.25) is 14.4 Å². The zero-order chi connectivity index (χ0) is 39.9. The number of amides is 3. The average Bonchev–Trinajstić information content (AvgIpc) is 3.21. The van der Waals surface area contributed by atoms with Crippen LogP contribution in [0, 0.1) is 0 Å². The zero-order valence-electron chi connectivity index (χ0n) is 31.9. The molecule has 1 saturated heterocycles. The summed E-state index contributed by atoms with van der Waals surface area (Å²) in [7, 11) is 1.68. The number of ether oxygens (including phenoxy) is 2. The van der Waals surface area contributed by atoms with Gasteiger partial charge in [-0.05, 0) is 52.6 Å². The number of rotatable bonds is 17. The predicted molar refractivity (Wildman–Crippen MR) is 210 cm³/mol. The number of carbonyl (C=O) groups is 3. The van der Waals surface area contributed by atoms with E-state index < -0.39 is 23.7 Å². The van der Waals surface area contributed by atoms with Crippen molar-refractivity contribution in [3.8, 4) is 0 Å². The average molecular weight is 771 g/mol. The summed E-state index contributed by atoms with van der Waals surface area (Å²) in [6.07, 6.45) is -1.49. The van der Waals surface area contributed by atoms with E-state index in [1.807, 2.05) is 89.8 Å². The molecular formula is C44H49F3N4O5. The number of benzene rings is 4. The van der Waals surface area contributed by atoms with Gasteiger partial charge in [-0.25, -0.2) is 0 Å². The molecule has 0 saturated carbocycles. The number of carbonyl (C=O) groups excluding carboxylic acids is 3. The van der Waals surface area contributed by atoms with E-state index in [0.717, 1.165) is 34.5 Å². The molecule has 0 aliphatic carbocycles. The monoisotopic (exact) mass is 770 g/mol. The minimum Gasteiger partial charge on any atom is -0.377 e. The van der Waals surface area contributed by atoms with Crippen molar-refractivity contribution in [2.75, 3.05) is 64.5 Å². The van der Waals surface area contributed by atoms with Gasteiger partial charge in [0.1, 0.15) is 6.04 Å². The fourth-order valence-electron chi connectivity index (χ4n) is 6.39. The van der Waals surface area contributed by atoms with E-state index >= 15 is 0 Å². The maximum Gasteiger partial charge on any atom is 0.416 e. The summed E-state index contributed by atoms with van der Waals surface area (Å²) in [6, 6.07) is 30.7. The maximum absolute atomic E-state index is 14.3. The smallest absolute Gasteiger partial charge is 0.377 e. The van der Waals surface area contributed by atoms with Crippen LogP contribution in [0.4, 0.5) is 18.9 Å². The molecule has 0 N–H and O–H groups in total. The molecular weight excluding hydrogens is 722 g/mol. The first kappa shape index (κ1) is 41.7. The molecule has 1 aliphatic rings. The van der Waals surface area contributed by atoms with E-state index in [2.05, 4.69) is 4.90 Å². The molecule has 0 radical (unpaired) electrons. The summed E-state index contributed by atoms with van der Waals surface area (Å²) in [5, 5.41) is 0. The van der Waals surface area contributed by atoms with Crippen molar-refractivity contribution in [2.45, 2.75) is 38.7 Å². The summed E-state index contributed by atoms with van der Waals surface area (Å²) in [5.41, 5.74) is 3.32. The normalized spacial score (nSPS) is 13.8. The molecule has 296 valence electrons. The minimum atomic E-state index is -4.48. The summed E-state index contributed by atoms with van der Waals surface area (Å²) in [4.78, 5) is 47.4. The third-order valence-electron chi connectivity index (χ3n) is 9.68. The van der Waals surface area contributed by atoms with E-state index in [4.69, 9.17) is 9.47 Å². The quantitative estimate of drug-likeness (QED) is 0.0877. The predicted octanol–water partition coefficient (Wildman–Crippen LogP) is 6.72. The summed E-state index contributed by atoms with van der Waals surface area (Å²) in [6.45, 7) is 6.09. The second-order valence-electron chi connectivity index (χ2n) is 13.7. The highest BCUT2D eigenvalue weighted by Gasteiger charge is 2.32. The van der Waals surface area contributed by atoms with E-state index in [0.29, 0.717) is 51.6 Å². The Morgan fingerprint density at radius 2 is 1.36 bits per heavy atom. The number of nitrogens with zero attached hydrogens (tertiary/aromatic N) is 4. The number of alkyl halides is 3. The number of hydrogen-bond acceptors (Lipinski definition) is 6. The highest BCUT2D eigenvalue weighted by atomic mass is 19.4. The fourth-order valence-corrected chi connectivity index (χ4v) is 6.39. The fraction of sp³-hybridized carbons (Fsp3) is 0.341. The number of anilines is 1. The second-order valence-corrected chi connectivity index (χ2v) is 13.7. The van der Waals surface area contributed by atoms with Crippen molar-refractivity contribution in [3.05, 3.63) is 143 Å². The van der Waals surface area contributed by atoms with Crippen LogP contribution in [-0.2, 0) is 49.6 Å². The summed E-state index contributed by atoms with van der Waals surface area (Å²) >= 11 is 0. The number of halogens is 3. The van der Waals surface area contributed by atoms with Crippen LogP contribution in [0.2, 0.25) is 0 Å². The molecule has 0 aromatic heterocycles. The van der Waals surface area contributed by atoms with Crippen molar-refractivity contribution in [2.24, 2.45) is 0 Å². The lowest BCUT2D eigenvalue weighted by Crippen LogP contribution is -2.51. The molecule has 5 rings (SSSR count). The molecule has 1 atom stereocenters. The Morgan fingerprint density at radius 3 is 1.96 bits per heavy atom. The van der Waals surface area contributed by atoms with Crippen LogP contribution < -0.4 is 4.90 Å². The van der Waals surface area contributed by atoms with Gasteiger partial charge in [0, 0.05) is 71.4 Å². The Bertz CT molecular complexity index is 1870. The molecule has 4 aromatic rings. The molecule has 1 unspecified atom stereocenters. The SMILES string of the molecule is CC(=O)N1CCN(c2ccc(CN(C(=O)C=Cc3ccc(C(F)(F)F)cc3)C(Cc3ccccc3)C(=O)N(C)CCOCCOCc3ccccc3)cc2)CC1. The molecule has 1 heterocycles. The van der Waals surface area contributed by atoms with Gasteiger partial charge in [-0.15, -0.1) is 0 Å². The Hall–Kier alpha value is -5.46. The highest BCUT2D eigenvalue weighted by Crippen LogP contribution is 2.29. The Balaban J connectivity index is 1.32. The van der Waals surface area contributed by atoms with Gasteiger partial charge in [0.05, 0.1) is 32.0 Å². The van der Waals surface area contributed by atoms with E-state index in [9.17, 15) is 27.6 Å². The van der Waals surface area contributed by atoms with Crippen LogP contribution in [0.15, 0.2) is 115 Å². The van der Waals surface area contributed by atoms with E-state index in [1.165, 1.54) is 29.2 Å². The molecule has 9 nitrogen and oxygen atoms in total. The molecule has 4 aromatic carbocycles. The topological polar surface area (TPSA) is 82.6 Å². The van der Waals surface area contributed by atoms with Gasteiger partial charge in [0.15, 0.2) is 0 Å². The van der Waals surface area contributed by atoms with Gasteiger partial charge in [-0.1, -0.05) is 84.9 Å². The first-order chi connectivity index (χ1) is 27.0. The minimum absolute atomic E-state index is 0.0547. The van der Waals surface area contributed by atoms with Crippen LogP contribution in [0.5, 0.6) is 0 Å². The molecule has 0 spiro atoms. The first-order valence-electron chi connectivity index (χ1n) is 18.7. The van der Waals surface area contributed by atoms with Crippen LogP contribution in [0.1, 0.15) is 34.7 Å². The van der Waals surface area contributed by atoms with Crippen LogP contribution in [-0.4, -0.2) is 98.1 Å². The van der Waals surface area contributed by atoms with Crippen molar-refractivity contribution >= 4 is 29.5 Å². The van der Waals surface area contributed by atoms with Crippen LogP contribution >= 0.6 is 0 Å². The second kappa shape index (κ2) is 20.5. The lowest BCUT2D eigenvalue weighted by Gasteiger charge is -2.36. The molecule has 3 amide bonds. The summed E-state index contributed by atoms with van der Waals surface area (Å²) in [5.74, 6) is -0.697. The lowest BCUT2D eigenvalue weighted by atomic mass is 10.0. The van der Waals surface area contributed by atoms with Crippen molar-refractivity contribution in [3.63, 3.8) is 0 Å². The Morgan fingerprint density at radius 1 is 0.750 bits per heavy atom. The maximum atomic E-state index is 14.3. The molecule has 1 aliphatic heterocycles. The highest BCUT2D eigenvalue weighted by molar-refractivity contribution is 5.95. The number of piperazine rings is 1. The van der Waals surface area contributed by atoms with E-state index in [1.54, 1.807) is 18.9 Å². The molecule has 56 heavy (non-hydrogen) atoms. The lowest BCUT2D eigenvalue weighted by molar-refractivity contribution is -0.143. The number of hydrogen-bond donors (Lipinski definition) is 0. The Labute approximate surface area is 326 Å². The van der Waals surface area contributed by atoms with Crippen molar-refractivity contribution in [1.29, 1.82) is 0 Å². The van der Waals surface area contributed by atoms with E-state index in [-0.39, 0.29) is 37.9 Å². The summed E-state index contributed by atoms with van der Waals surface area (Å²) < 4.78 is 51.1. The van der Waals surface area contributed by atoms with Crippen LogP contribution in [0.3, 0.4) is 0 Å². The van der Waals surface area contributed by atoms with Gasteiger partial charge < -0.3 is 29.1 Å². The largest absolute Gasteiger partial charge is 0.416 e. The van der Waals surface area contributed by atoms with Gasteiger partial charge in [0.2, 0.25) is 17.7 Å². The zero-order valence-corrected chi connectivity index (χ0v) is 31.9. The van der Waals surface area contributed by atoms with Gasteiger partial charge in [0.25, 0.3) is 0 Å². The molecule has 1 fully saturated rings. The molecule has 12 heteroatoms. The molecule has 0 bridgehead atoms.